The molecule has 0 radical (unpaired) electrons. The topological polar surface area (TPSA) is 93.0 Å². The summed E-state index contributed by atoms with van der Waals surface area (Å²) in [4.78, 5) is 11.3. The molecule has 0 saturated carbocycles. The number of nitrogens with zero attached hydrogens (tertiary/aromatic N) is 1. The molecular weight excluding hydrogens is 246 g/mol. The van der Waals surface area contributed by atoms with Gasteiger partial charge in [-0.1, -0.05) is 11.2 Å². The van der Waals surface area contributed by atoms with E-state index in [1.807, 2.05) is 0 Å². The number of oxime groups is 1. The van der Waals surface area contributed by atoms with Crippen molar-refractivity contribution in [3.05, 3.63) is 29.3 Å². The van der Waals surface area contributed by atoms with Crippen LogP contribution in [0.1, 0.15) is 15.9 Å². The van der Waals surface area contributed by atoms with Crippen molar-refractivity contribution >= 4 is 21.5 Å². The highest BCUT2D eigenvalue weighted by Gasteiger charge is 2.32. The fourth-order valence-corrected chi connectivity index (χ4v) is 3.24. The third-order valence-corrected chi connectivity index (χ3v) is 4.16. The number of esters is 1. The maximum absolute atomic E-state index is 11.7. The molecule has 6 nitrogen and oxygen atoms in total. The highest BCUT2D eigenvalue weighted by atomic mass is 32.2. The monoisotopic (exact) mass is 255 g/mol. The SMILES string of the molecule is COC(=O)c1ccc2c(c1)S(=O)(=O)CC2=NO. The second-order valence-electron chi connectivity index (χ2n) is 3.51. The smallest absolute Gasteiger partial charge is 0.337 e. The Bertz CT molecular complexity index is 618. The Kier molecular flexibility index (Phi) is 2.62. The van der Waals surface area contributed by atoms with Crippen LogP contribution >= 0.6 is 0 Å². The van der Waals surface area contributed by atoms with E-state index in [-0.39, 0.29) is 21.9 Å². The van der Waals surface area contributed by atoms with E-state index in [0.29, 0.717) is 5.56 Å². The molecule has 0 unspecified atom stereocenters. The molecule has 0 spiro atoms. The first-order valence-corrected chi connectivity index (χ1v) is 6.31. The average molecular weight is 255 g/mol. The van der Waals surface area contributed by atoms with Gasteiger partial charge in [0, 0.05) is 5.56 Å². The molecule has 1 aliphatic rings. The van der Waals surface area contributed by atoms with E-state index in [0.717, 1.165) is 0 Å². The Morgan fingerprint density at radius 2 is 2.18 bits per heavy atom. The third kappa shape index (κ3) is 1.78. The number of benzene rings is 1. The molecule has 1 aromatic carbocycles. The van der Waals surface area contributed by atoms with Gasteiger partial charge in [-0.15, -0.1) is 0 Å². The van der Waals surface area contributed by atoms with Gasteiger partial charge in [-0.05, 0) is 12.1 Å². The van der Waals surface area contributed by atoms with Crippen molar-refractivity contribution in [1.29, 1.82) is 0 Å². The molecule has 90 valence electrons. The van der Waals surface area contributed by atoms with Crippen LogP contribution in [-0.4, -0.2) is 38.2 Å². The van der Waals surface area contributed by atoms with Crippen LogP contribution in [-0.2, 0) is 14.6 Å². The number of carbonyl (C=O) groups is 1. The maximum atomic E-state index is 11.7. The number of rotatable bonds is 1. The largest absolute Gasteiger partial charge is 0.465 e. The molecule has 1 heterocycles. The fraction of sp³-hybridized carbons (Fsp3) is 0.200. The zero-order chi connectivity index (χ0) is 12.6. The normalized spacial score (nSPS) is 19.0. The Labute approximate surface area is 97.4 Å². The molecule has 7 heteroatoms. The number of ether oxygens (including phenoxy) is 1. The minimum absolute atomic E-state index is 0.00630. The Hall–Kier alpha value is -1.89. The number of hydrogen-bond acceptors (Lipinski definition) is 6. The molecule has 1 N–H and O–H groups in total. The average Bonchev–Trinajstić information content (AvgIpc) is 2.59. The lowest BCUT2D eigenvalue weighted by atomic mass is 10.1. The minimum Gasteiger partial charge on any atom is -0.465 e. The number of methoxy groups -OCH3 is 1. The highest BCUT2D eigenvalue weighted by molar-refractivity contribution is 7.92. The van der Waals surface area contributed by atoms with Crippen LogP contribution in [0.2, 0.25) is 0 Å². The van der Waals surface area contributed by atoms with E-state index in [2.05, 4.69) is 9.89 Å². The Morgan fingerprint density at radius 1 is 1.47 bits per heavy atom. The Balaban J connectivity index is 2.65. The van der Waals surface area contributed by atoms with Crippen molar-refractivity contribution in [3.63, 3.8) is 0 Å². The van der Waals surface area contributed by atoms with Gasteiger partial charge in [-0.2, -0.15) is 0 Å². The van der Waals surface area contributed by atoms with Crippen LogP contribution in [0, 0.1) is 0 Å². The standard InChI is InChI=1S/C10H9NO5S/c1-16-10(12)6-2-3-7-8(11-13)5-17(14,15)9(7)4-6/h2-4,13H,5H2,1H3. The van der Waals surface area contributed by atoms with Gasteiger partial charge in [-0.25, -0.2) is 13.2 Å². The fourth-order valence-electron chi connectivity index (χ4n) is 1.68. The van der Waals surface area contributed by atoms with Crippen molar-refractivity contribution < 1.29 is 23.2 Å². The molecule has 1 aromatic rings. The summed E-state index contributed by atoms with van der Waals surface area (Å²) in [6.07, 6.45) is 0. The molecule has 0 atom stereocenters. The van der Waals surface area contributed by atoms with Crippen LogP contribution < -0.4 is 0 Å². The van der Waals surface area contributed by atoms with E-state index in [4.69, 9.17) is 5.21 Å². The summed E-state index contributed by atoms with van der Waals surface area (Å²) in [6, 6.07) is 4.09. The summed E-state index contributed by atoms with van der Waals surface area (Å²) in [6.45, 7) is 0. The van der Waals surface area contributed by atoms with E-state index >= 15 is 0 Å². The second kappa shape index (κ2) is 3.85. The number of fused-ring (bicyclic) bond motifs is 1. The summed E-state index contributed by atoms with van der Waals surface area (Å²) in [5, 5.41) is 11.6. The van der Waals surface area contributed by atoms with E-state index in [1.54, 1.807) is 0 Å². The third-order valence-electron chi connectivity index (χ3n) is 2.50. The van der Waals surface area contributed by atoms with Gasteiger partial charge in [0.05, 0.1) is 17.6 Å². The molecule has 0 amide bonds. The van der Waals surface area contributed by atoms with Crippen molar-refractivity contribution in [2.24, 2.45) is 5.16 Å². The summed E-state index contributed by atoms with van der Waals surface area (Å²) < 4.78 is 28.0. The molecule has 0 aromatic heterocycles. The van der Waals surface area contributed by atoms with Crippen molar-refractivity contribution in [2.75, 3.05) is 12.9 Å². The first-order chi connectivity index (χ1) is 7.99. The zero-order valence-electron chi connectivity index (χ0n) is 8.87. The predicted molar refractivity (Wildman–Crippen MR) is 58.2 cm³/mol. The number of hydrogen-bond donors (Lipinski definition) is 1. The van der Waals surface area contributed by atoms with Gasteiger partial charge in [0.1, 0.15) is 11.5 Å². The summed E-state index contributed by atoms with van der Waals surface area (Å²) in [5.41, 5.74) is 0.547. The summed E-state index contributed by atoms with van der Waals surface area (Å²) in [5.74, 6) is -0.971. The van der Waals surface area contributed by atoms with Crippen LogP contribution in [0.3, 0.4) is 0 Å². The molecule has 17 heavy (non-hydrogen) atoms. The molecule has 0 aliphatic carbocycles. The number of carbonyl (C=O) groups excluding carboxylic acids is 1. The van der Waals surface area contributed by atoms with Gasteiger partial charge < -0.3 is 9.94 Å². The quantitative estimate of drug-likeness (QED) is 0.446. The molecule has 0 bridgehead atoms. The van der Waals surface area contributed by atoms with Crippen LogP contribution in [0.15, 0.2) is 28.3 Å². The molecule has 0 saturated heterocycles. The van der Waals surface area contributed by atoms with E-state index in [1.165, 1.54) is 25.3 Å². The van der Waals surface area contributed by atoms with Crippen LogP contribution in [0.25, 0.3) is 0 Å². The lowest BCUT2D eigenvalue weighted by Gasteiger charge is -2.02. The molecule has 2 rings (SSSR count). The Morgan fingerprint density at radius 3 is 2.76 bits per heavy atom. The second-order valence-corrected chi connectivity index (χ2v) is 5.47. The van der Waals surface area contributed by atoms with Gasteiger partial charge in [0.15, 0.2) is 9.84 Å². The van der Waals surface area contributed by atoms with Crippen LogP contribution in [0.5, 0.6) is 0 Å². The molecule has 0 fully saturated rings. The van der Waals surface area contributed by atoms with E-state index < -0.39 is 15.8 Å². The van der Waals surface area contributed by atoms with Crippen molar-refractivity contribution in [1.82, 2.24) is 0 Å². The van der Waals surface area contributed by atoms with Gasteiger partial charge >= 0.3 is 5.97 Å². The lowest BCUT2D eigenvalue weighted by Crippen LogP contribution is -2.05. The zero-order valence-corrected chi connectivity index (χ0v) is 9.69. The van der Waals surface area contributed by atoms with Gasteiger partial charge in [-0.3, -0.25) is 0 Å². The maximum Gasteiger partial charge on any atom is 0.337 e. The number of sulfone groups is 1. The van der Waals surface area contributed by atoms with Crippen molar-refractivity contribution in [3.8, 4) is 0 Å². The molecular formula is C10H9NO5S. The predicted octanol–water partition coefficient (Wildman–Crippen LogP) is 0.439. The van der Waals surface area contributed by atoms with Crippen molar-refractivity contribution in [2.45, 2.75) is 4.90 Å². The minimum atomic E-state index is -3.53. The summed E-state index contributed by atoms with van der Waals surface area (Å²) in [7, 11) is -2.32. The first-order valence-electron chi connectivity index (χ1n) is 4.66. The van der Waals surface area contributed by atoms with Gasteiger partial charge in [0.25, 0.3) is 0 Å². The summed E-state index contributed by atoms with van der Waals surface area (Å²) >= 11 is 0. The highest BCUT2D eigenvalue weighted by Crippen LogP contribution is 2.27. The molecule has 1 aliphatic heterocycles. The van der Waals surface area contributed by atoms with E-state index in [9.17, 15) is 13.2 Å². The lowest BCUT2D eigenvalue weighted by molar-refractivity contribution is 0.0600. The van der Waals surface area contributed by atoms with Gasteiger partial charge in [0.2, 0.25) is 0 Å². The van der Waals surface area contributed by atoms with Crippen LogP contribution in [0.4, 0.5) is 0 Å². The first kappa shape index (κ1) is 11.6.